The lowest BCUT2D eigenvalue weighted by Crippen LogP contribution is -2.50. The highest BCUT2D eigenvalue weighted by Crippen LogP contribution is 2.26. The number of aromatic nitrogens is 3. The van der Waals surface area contributed by atoms with Crippen LogP contribution < -0.4 is 21.1 Å². The number of halogens is 1. The number of benzene rings is 1. The summed E-state index contributed by atoms with van der Waals surface area (Å²) in [5.74, 6) is 1.31. The number of piperazine rings is 1. The van der Waals surface area contributed by atoms with Gasteiger partial charge in [0.05, 0.1) is 11.2 Å². The number of nitrogen functional groups attached to an aromatic ring is 1. The third-order valence-corrected chi connectivity index (χ3v) is 5.77. The van der Waals surface area contributed by atoms with Crippen LogP contribution in [-0.4, -0.2) is 58.5 Å². The Bertz CT molecular complexity index is 1280. The maximum atomic E-state index is 12.7. The molecule has 0 aliphatic carbocycles. The van der Waals surface area contributed by atoms with E-state index in [0.717, 1.165) is 5.57 Å². The maximum absolute atomic E-state index is 12.7. The Morgan fingerprint density at radius 2 is 1.83 bits per heavy atom. The number of allylic oxidation sites excluding steroid dienone is 4. The van der Waals surface area contributed by atoms with Crippen molar-refractivity contribution in [2.75, 3.05) is 43.4 Å². The molecule has 0 radical (unpaired) electrons. The fourth-order valence-electron chi connectivity index (χ4n) is 3.79. The van der Waals surface area contributed by atoms with Crippen molar-refractivity contribution < 1.29 is 9.53 Å². The first-order valence-electron chi connectivity index (χ1n) is 11.0. The summed E-state index contributed by atoms with van der Waals surface area (Å²) in [4.78, 5) is 30.1. The highest BCUT2D eigenvalue weighted by atomic mass is 35.5. The number of carbonyl (C=O) groups excluding carboxylic acids is 1. The highest BCUT2D eigenvalue weighted by molar-refractivity contribution is 6.30. The van der Waals surface area contributed by atoms with E-state index in [9.17, 15) is 4.79 Å². The Morgan fingerprint density at radius 3 is 2.51 bits per heavy atom. The van der Waals surface area contributed by atoms with Crippen LogP contribution in [0.15, 0.2) is 67.4 Å². The summed E-state index contributed by atoms with van der Waals surface area (Å²) in [6, 6.07) is 10.6. The summed E-state index contributed by atoms with van der Waals surface area (Å²) in [5, 5.41) is 0.614. The van der Waals surface area contributed by atoms with Crippen molar-refractivity contribution in [1.29, 1.82) is 0 Å². The van der Waals surface area contributed by atoms with E-state index in [-0.39, 0.29) is 18.5 Å². The quantitative estimate of drug-likeness (QED) is 0.483. The maximum Gasteiger partial charge on any atom is 0.260 e. The molecule has 4 rings (SSSR count). The molecule has 1 aromatic carbocycles. The SMILES string of the molecule is C=C/C=C(\C=C/N)c1ccc2nc(N)nc(N3CCN(C(=O)COc4ccc(Cl)cc4)CC3)c2n1. The predicted molar refractivity (Wildman–Crippen MR) is 139 cm³/mol. The second-order valence-corrected chi connectivity index (χ2v) is 8.23. The molecule has 4 N–H and O–H groups in total. The van der Waals surface area contributed by atoms with Crippen LogP contribution in [0, 0.1) is 0 Å². The summed E-state index contributed by atoms with van der Waals surface area (Å²) in [6.45, 7) is 5.90. The number of nitrogens with two attached hydrogens (primary N) is 2. The van der Waals surface area contributed by atoms with Crippen LogP contribution in [0.3, 0.4) is 0 Å². The van der Waals surface area contributed by atoms with Gasteiger partial charge in [-0.1, -0.05) is 30.3 Å². The molecule has 1 aliphatic rings. The lowest BCUT2D eigenvalue weighted by atomic mass is 10.1. The predicted octanol–water partition coefficient (Wildman–Crippen LogP) is 3.03. The van der Waals surface area contributed by atoms with Gasteiger partial charge in [0.25, 0.3) is 5.91 Å². The van der Waals surface area contributed by atoms with Gasteiger partial charge in [-0.2, -0.15) is 4.98 Å². The number of amides is 1. The van der Waals surface area contributed by atoms with E-state index in [2.05, 4.69) is 21.4 Å². The molecule has 9 nitrogen and oxygen atoms in total. The van der Waals surface area contributed by atoms with E-state index in [1.54, 1.807) is 41.3 Å². The third-order valence-electron chi connectivity index (χ3n) is 5.52. The van der Waals surface area contributed by atoms with Gasteiger partial charge in [0, 0.05) is 36.8 Å². The van der Waals surface area contributed by atoms with Crippen LogP contribution in [-0.2, 0) is 4.79 Å². The van der Waals surface area contributed by atoms with Crippen molar-refractivity contribution >= 4 is 45.9 Å². The Hall–Kier alpha value is -4.11. The summed E-state index contributed by atoms with van der Waals surface area (Å²) in [6.07, 6.45) is 6.71. The molecule has 3 heterocycles. The van der Waals surface area contributed by atoms with Crippen molar-refractivity contribution in [3.8, 4) is 5.75 Å². The number of hydrogen-bond acceptors (Lipinski definition) is 8. The topological polar surface area (TPSA) is 123 Å². The van der Waals surface area contributed by atoms with Crippen molar-refractivity contribution in [2.24, 2.45) is 5.73 Å². The molecule has 1 saturated heterocycles. The van der Waals surface area contributed by atoms with Crippen molar-refractivity contribution in [3.63, 3.8) is 0 Å². The van der Waals surface area contributed by atoms with E-state index in [1.165, 1.54) is 6.20 Å². The van der Waals surface area contributed by atoms with Gasteiger partial charge in [-0.3, -0.25) is 4.79 Å². The lowest BCUT2D eigenvalue weighted by molar-refractivity contribution is -0.133. The molecular weight excluding hydrogens is 466 g/mol. The lowest BCUT2D eigenvalue weighted by Gasteiger charge is -2.35. The molecule has 0 saturated carbocycles. The Kier molecular flexibility index (Phi) is 7.47. The van der Waals surface area contributed by atoms with Gasteiger partial charge in [-0.25, -0.2) is 9.97 Å². The van der Waals surface area contributed by atoms with Crippen LogP contribution >= 0.6 is 11.6 Å². The zero-order valence-corrected chi connectivity index (χ0v) is 19.9. The van der Waals surface area contributed by atoms with Gasteiger partial charge in [0.1, 0.15) is 11.3 Å². The number of anilines is 2. The minimum Gasteiger partial charge on any atom is -0.484 e. The largest absolute Gasteiger partial charge is 0.484 e. The number of fused-ring (bicyclic) bond motifs is 1. The summed E-state index contributed by atoms with van der Waals surface area (Å²) in [5.41, 5.74) is 14.4. The molecule has 1 amide bonds. The molecule has 0 atom stereocenters. The molecule has 0 unspecified atom stereocenters. The minimum atomic E-state index is -0.0835. The molecule has 10 heteroatoms. The molecule has 1 fully saturated rings. The second kappa shape index (κ2) is 10.9. The van der Waals surface area contributed by atoms with Crippen LogP contribution in [0.2, 0.25) is 5.02 Å². The Morgan fingerprint density at radius 1 is 1.09 bits per heavy atom. The average Bonchev–Trinajstić information content (AvgIpc) is 2.87. The smallest absolute Gasteiger partial charge is 0.260 e. The number of carbonyl (C=O) groups is 1. The first kappa shape index (κ1) is 24.0. The number of pyridine rings is 1. The van der Waals surface area contributed by atoms with E-state index in [1.807, 2.05) is 18.2 Å². The molecule has 35 heavy (non-hydrogen) atoms. The summed E-state index contributed by atoms with van der Waals surface area (Å²) in [7, 11) is 0. The van der Waals surface area contributed by atoms with E-state index in [4.69, 9.17) is 32.8 Å². The fourth-order valence-corrected chi connectivity index (χ4v) is 3.92. The van der Waals surface area contributed by atoms with E-state index < -0.39 is 0 Å². The van der Waals surface area contributed by atoms with Gasteiger partial charge >= 0.3 is 0 Å². The molecule has 2 aromatic heterocycles. The molecule has 0 spiro atoms. The first-order chi connectivity index (χ1) is 17.0. The second-order valence-electron chi connectivity index (χ2n) is 7.80. The summed E-state index contributed by atoms with van der Waals surface area (Å²) < 4.78 is 5.60. The van der Waals surface area contributed by atoms with Crippen LogP contribution in [0.5, 0.6) is 5.75 Å². The van der Waals surface area contributed by atoms with E-state index >= 15 is 0 Å². The number of ether oxygens (including phenoxy) is 1. The van der Waals surface area contributed by atoms with Gasteiger partial charge in [0.15, 0.2) is 12.4 Å². The number of rotatable bonds is 7. The molecular formula is C25H26ClN7O2. The van der Waals surface area contributed by atoms with Crippen LogP contribution in [0.25, 0.3) is 16.6 Å². The third kappa shape index (κ3) is 5.70. The molecule has 3 aromatic rings. The van der Waals surface area contributed by atoms with Gasteiger partial charge in [-0.05, 0) is 48.7 Å². The van der Waals surface area contributed by atoms with Crippen molar-refractivity contribution in [2.45, 2.75) is 0 Å². The monoisotopic (exact) mass is 491 g/mol. The van der Waals surface area contributed by atoms with Crippen molar-refractivity contribution in [3.05, 3.63) is 78.1 Å². The fraction of sp³-hybridized carbons (Fsp3) is 0.200. The van der Waals surface area contributed by atoms with Gasteiger partial charge < -0.3 is 26.0 Å². The van der Waals surface area contributed by atoms with Crippen LogP contribution in [0.4, 0.5) is 11.8 Å². The minimum absolute atomic E-state index is 0.0387. The molecule has 0 bridgehead atoms. The zero-order valence-electron chi connectivity index (χ0n) is 19.1. The standard InChI is InChI=1S/C25H26ClN7O2/c1-2-3-17(10-11-27)20-8-9-21-23(29-20)24(31-25(28)30-21)33-14-12-32(13-15-33)22(34)16-35-19-6-4-18(26)5-7-19/h2-11H,1,12-16,27H2,(H2,28,30,31)/b11-10-,17-3+. The highest BCUT2D eigenvalue weighted by Gasteiger charge is 2.24. The molecule has 1 aliphatic heterocycles. The average molecular weight is 492 g/mol. The Balaban J connectivity index is 1.49. The van der Waals surface area contributed by atoms with Crippen LogP contribution in [0.1, 0.15) is 5.69 Å². The number of hydrogen-bond donors (Lipinski definition) is 2. The Labute approximate surface area is 208 Å². The summed E-state index contributed by atoms with van der Waals surface area (Å²) >= 11 is 5.89. The molecule has 180 valence electrons. The zero-order chi connectivity index (χ0) is 24.8. The van der Waals surface area contributed by atoms with Crippen molar-refractivity contribution in [1.82, 2.24) is 19.9 Å². The normalized spacial score (nSPS) is 14.5. The first-order valence-corrected chi connectivity index (χ1v) is 11.4. The van der Waals surface area contributed by atoms with E-state index in [0.29, 0.717) is 59.5 Å². The van der Waals surface area contributed by atoms with Gasteiger partial charge in [0.2, 0.25) is 5.95 Å². The van der Waals surface area contributed by atoms with Gasteiger partial charge in [-0.15, -0.1) is 0 Å². The number of nitrogens with zero attached hydrogens (tertiary/aromatic N) is 5.